The summed E-state index contributed by atoms with van der Waals surface area (Å²) in [5.41, 5.74) is -0.132. The van der Waals surface area contributed by atoms with Crippen molar-refractivity contribution in [3.05, 3.63) is 12.7 Å². The Morgan fingerprint density at radius 3 is 2.68 bits per heavy atom. The molecule has 1 aromatic rings. The van der Waals surface area contributed by atoms with Gasteiger partial charge in [-0.2, -0.15) is 5.10 Å². The molecule has 0 aliphatic heterocycles. The van der Waals surface area contributed by atoms with Crippen molar-refractivity contribution in [3.8, 4) is 0 Å². The Morgan fingerprint density at radius 2 is 2.09 bits per heavy atom. The highest BCUT2D eigenvalue weighted by Crippen LogP contribution is 2.64. The first-order valence-corrected chi connectivity index (χ1v) is 8.71. The van der Waals surface area contributed by atoms with Crippen LogP contribution in [0.15, 0.2) is 12.7 Å². The van der Waals surface area contributed by atoms with Crippen LogP contribution < -0.4 is 5.32 Å². The molecule has 1 amide bonds. The third-order valence-corrected chi connectivity index (χ3v) is 6.41. The maximum absolute atomic E-state index is 13.0. The Labute approximate surface area is 131 Å². The standard InChI is InChI=1S/C17H26N4O/c1-3-12(2)20-15(22)16-5-13-4-14(6-16)8-17(7-13,9-16)21-11-18-10-19-21/h10-14H,3-9H2,1-2H3,(H,20,22)/t12-,13-,14-,16?,17?/m0/s1. The van der Waals surface area contributed by atoms with Crippen LogP contribution in [0.2, 0.25) is 0 Å². The maximum atomic E-state index is 13.0. The van der Waals surface area contributed by atoms with E-state index in [1.54, 1.807) is 6.33 Å². The zero-order chi connectivity index (χ0) is 15.4. The van der Waals surface area contributed by atoms with Gasteiger partial charge in [0.1, 0.15) is 12.7 Å². The van der Waals surface area contributed by atoms with Gasteiger partial charge >= 0.3 is 0 Å². The van der Waals surface area contributed by atoms with Crippen LogP contribution in [-0.2, 0) is 10.3 Å². The van der Waals surface area contributed by atoms with Crippen LogP contribution in [-0.4, -0.2) is 26.7 Å². The van der Waals surface area contributed by atoms with Crippen LogP contribution in [0.1, 0.15) is 58.8 Å². The van der Waals surface area contributed by atoms with Gasteiger partial charge < -0.3 is 5.32 Å². The largest absolute Gasteiger partial charge is 0.353 e. The summed E-state index contributed by atoms with van der Waals surface area (Å²) in [4.78, 5) is 17.2. The molecule has 120 valence electrons. The number of nitrogens with zero attached hydrogens (tertiary/aromatic N) is 3. The fraction of sp³-hybridized carbons (Fsp3) is 0.824. The van der Waals surface area contributed by atoms with Gasteiger partial charge in [-0.3, -0.25) is 4.79 Å². The van der Waals surface area contributed by atoms with Gasteiger partial charge in [0.2, 0.25) is 5.91 Å². The summed E-state index contributed by atoms with van der Waals surface area (Å²) < 4.78 is 2.07. The minimum absolute atomic E-state index is 0.0351. The van der Waals surface area contributed by atoms with Gasteiger partial charge in [-0.25, -0.2) is 9.67 Å². The van der Waals surface area contributed by atoms with Crippen molar-refractivity contribution in [3.63, 3.8) is 0 Å². The molecule has 1 N–H and O–H groups in total. The zero-order valence-corrected chi connectivity index (χ0v) is 13.6. The van der Waals surface area contributed by atoms with Gasteiger partial charge in [0.05, 0.1) is 11.0 Å². The Hall–Kier alpha value is -1.39. The molecule has 0 radical (unpaired) electrons. The van der Waals surface area contributed by atoms with Crippen molar-refractivity contribution in [2.75, 3.05) is 0 Å². The molecule has 0 unspecified atom stereocenters. The van der Waals surface area contributed by atoms with E-state index in [-0.39, 0.29) is 17.0 Å². The minimum Gasteiger partial charge on any atom is -0.353 e. The average molecular weight is 302 g/mol. The van der Waals surface area contributed by atoms with E-state index in [1.807, 2.05) is 6.33 Å². The number of hydrogen-bond donors (Lipinski definition) is 1. The van der Waals surface area contributed by atoms with E-state index in [0.717, 1.165) is 25.7 Å². The van der Waals surface area contributed by atoms with Crippen LogP contribution in [0.3, 0.4) is 0 Å². The fourth-order valence-corrected chi connectivity index (χ4v) is 5.68. The van der Waals surface area contributed by atoms with Gasteiger partial charge in [-0.05, 0) is 63.7 Å². The van der Waals surface area contributed by atoms with E-state index in [4.69, 9.17) is 0 Å². The first-order valence-electron chi connectivity index (χ1n) is 8.71. The van der Waals surface area contributed by atoms with Crippen LogP contribution >= 0.6 is 0 Å². The normalized spacial score (nSPS) is 40.6. The van der Waals surface area contributed by atoms with E-state index in [1.165, 1.54) is 19.3 Å². The van der Waals surface area contributed by atoms with E-state index in [2.05, 4.69) is 33.9 Å². The predicted octanol–water partition coefficient (Wildman–Crippen LogP) is 2.49. The SMILES string of the molecule is CC[C@H](C)NC(=O)C12C[C@@H]3C[C@@H](C1)CC(n1cncn1)(C3)C2. The van der Waals surface area contributed by atoms with Gasteiger partial charge in [0.15, 0.2) is 0 Å². The molecule has 4 aliphatic rings. The highest BCUT2D eigenvalue weighted by atomic mass is 16.2. The molecule has 1 heterocycles. The van der Waals surface area contributed by atoms with Crippen LogP contribution in [0.4, 0.5) is 0 Å². The molecule has 0 aromatic carbocycles. The second-order valence-corrected chi connectivity index (χ2v) is 8.09. The topological polar surface area (TPSA) is 59.8 Å². The highest BCUT2D eigenvalue weighted by molar-refractivity contribution is 5.83. The first kappa shape index (κ1) is 14.2. The number of aromatic nitrogens is 3. The second kappa shape index (κ2) is 4.80. The number of rotatable bonds is 4. The monoisotopic (exact) mass is 302 g/mol. The lowest BCUT2D eigenvalue weighted by molar-refractivity contribution is -0.156. The number of hydrogen-bond acceptors (Lipinski definition) is 3. The van der Waals surface area contributed by atoms with E-state index in [9.17, 15) is 4.79 Å². The maximum Gasteiger partial charge on any atom is 0.226 e. The van der Waals surface area contributed by atoms with Gasteiger partial charge in [0, 0.05) is 6.04 Å². The lowest BCUT2D eigenvalue weighted by Gasteiger charge is -2.61. The molecule has 3 atom stereocenters. The number of amides is 1. The molecule has 4 aliphatic carbocycles. The van der Waals surface area contributed by atoms with Gasteiger partial charge in [-0.1, -0.05) is 6.92 Å². The van der Waals surface area contributed by atoms with Crippen LogP contribution in [0.25, 0.3) is 0 Å². The Kier molecular flexibility index (Phi) is 3.10. The first-order chi connectivity index (χ1) is 10.6. The summed E-state index contributed by atoms with van der Waals surface area (Å²) >= 11 is 0. The summed E-state index contributed by atoms with van der Waals surface area (Å²) in [5.74, 6) is 1.64. The summed E-state index contributed by atoms with van der Waals surface area (Å²) in [6.07, 6.45) is 11.2. The minimum atomic E-state index is -0.167. The van der Waals surface area contributed by atoms with Crippen LogP contribution in [0, 0.1) is 17.3 Å². The molecule has 0 spiro atoms. The molecule has 22 heavy (non-hydrogen) atoms. The van der Waals surface area contributed by atoms with Crippen molar-refractivity contribution in [2.24, 2.45) is 17.3 Å². The molecular weight excluding hydrogens is 276 g/mol. The van der Waals surface area contributed by atoms with E-state index >= 15 is 0 Å². The quantitative estimate of drug-likeness (QED) is 0.929. The molecule has 4 fully saturated rings. The predicted molar refractivity (Wildman–Crippen MR) is 83.0 cm³/mol. The van der Waals surface area contributed by atoms with Crippen molar-refractivity contribution >= 4 is 5.91 Å². The molecular formula is C17H26N4O. The summed E-state index contributed by atoms with van der Waals surface area (Å²) in [6, 6.07) is 0.267. The van der Waals surface area contributed by atoms with Crippen molar-refractivity contribution < 1.29 is 4.79 Å². The summed E-state index contributed by atoms with van der Waals surface area (Å²) in [5, 5.41) is 7.71. The van der Waals surface area contributed by atoms with Crippen molar-refractivity contribution in [2.45, 2.75) is 70.4 Å². The second-order valence-electron chi connectivity index (χ2n) is 8.09. The highest BCUT2D eigenvalue weighted by Gasteiger charge is 2.61. The molecule has 4 bridgehead atoms. The third-order valence-electron chi connectivity index (χ3n) is 6.41. The lowest BCUT2D eigenvalue weighted by Crippen LogP contribution is -2.61. The molecule has 0 saturated heterocycles. The van der Waals surface area contributed by atoms with E-state index < -0.39 is 0 Å². The number of carbonyl (C=O) groups is 1. The molecule has 4 saturated carbocycles. The van der Waals surface area contributed by atoms with Gasteiger partial charge in [0.25, 0.3) is 0 Å². The molecule has 5 heteroatoms. The molecule has 1 aromatic heterocycles. The number of nitrogens with one attached hydrogen (secondary N) is 1. The lowest BCUT2D eigenvalue weighted by atomic mass is 9.46. The third kappa shape index (κ3) is 2.01. The Bertz CT molecular complexity index is 553. The fourth-order valence-electron chi connectivity index (χ4n) is 5.68. The molecule has 5 nitrogen and oxygen atoms in total. The zero-order valence-electron chi connectivity index (χ0n) is 13.6. The number of carbonyl (C=O) groups excluding carboxylic acids is 1. The van der Waals surface area contributed by atoms with Crippen LogP contribution in [0.5, 0.6) is 0 Å². The van der Waals surface area contributed by atoms with E-state index in [0.29, 0.717) is 17.7 Å². The summed E-state index contributed by atoms with van der Waals surface area (Å²) in [7, 11) is 0. The Balaban J connectivity index is 1.66. The average Bonchev–Trinajstić information content (AvgIpc) is 3.00. The smallest absolute Gasteiger partial charge is 0.226 e. The summed E-state index contributed by atoms with van der Waals surface area (Å²) in [6.45, 7) is 4.23. The van der Waals surface area contributed by atoms with Gasteiger partial charge in [-0.15, -0.1) is 0 Å². The Morgan fingerprint density at radius 1 is 1.36 bits per heavy atom. The van der Waals surface area contributed by atoms with Crippen molar-refractivity contribution in [1.29, 1.82) is 0 Å². The van der Waals surface area contributed by atoms with Crippen molar-refractivity contribution in [1.82, 2.24) is 20.1 Å². The molecule has 5 rings (SSSR count).